The van der Waals surface area contributed by atoms with Gasteiger partial charge in [0.15, 0.2) is 16.6 Å². The number of anilines is 2. The second-order valence-corrected chi connectivity index (χ2v) is 4.15. The summed E-state index contributed by atoms with van der Waals surface area (Å²) in [6.07, 6.45) is 3.57. The van der Waals surface area contributed by atoms with E-state index >= 15 is 0 Å². The Bertz CT molecular complexity index is 472. The van der Waals surface area contributed by atoms with Crippen molar-refractivity contribution in [2.24, 2.45) is 0 Å². The minimum atomic E-state index is 0.436. The van der Waals surface area contributed by atoms with Crippen molar-refractivity contribution in [2.75, 3.05) is 17.7 Å². The van der Waals surface area contributed by atoms with Crippen LogP contribution in [-0.2, 0) is 6.54 Å². The summed E-state index contributed by atoms with van der Waals surface area (Å²) in [7, 11) is 0. The van der Waals surface area contributed by atoms with Gasteiger partial charge in [0.1, 0.15) is 0 Å². The molecule has 3 N–H and O–H groups in total. The van der Waals surface area contributed by atoms with Gasteiger partial charge in [0.2, 0.25) is 0 Å². The molecule has 90 valence electrons. The Hall–Kier alpha value is -1.82. The van der Waals surface area contributed by atoms with Crippen LogP contribution >= 0.6 is 11.5 Å². The van der Waals surface area contributed by atoms with Crippen LogP contribution in [0.3, 0.4) is 0 Å². The Kier molecular flexibility index (Phi) is 3.77. The SMILES string of the molecule is CCOc1c(N)nsc1NCc1cccnc1. The molecule has 0 unspecified atom stereocenters. The van der Waals surface area contributed by atoms with Gasteiger partial charge in [-0.2, -0.15) is 4.37 Å². The van der Waals surface area contributed by atoms with Crippen LogP contribution < -0.4 is 15.8 Å². The van der Waals surface area contributed by atoms with E-state index in [2.05, 4.69) is 14.7 Å². The summed E-state index contributed by atoms with van der Waals surface area (Å²) in [5.41, 5.74) is 6.82. The lowest BCUT2D eigenvalue weighted by Gasteiger charge is -2.07. The highest BCUT2D eigenvalue weighted by Crippen LogP contribution is 2.35. The largest absolute Gasteiger partial charge is 0.487 e. The number of nitrogens with two attached hydrogens (primary N) is 1. The van der Waals surface area contributed by atoms with Gasteiger partial charge in [-0.15, -0.1) is 0 Å². The molecule has 0 fully saturated rings. The van der Waals surface area contributed by atoms with E-state index in [9.17, 15) is 0 Å². The molecule has 0 atom stereocenters. The standard InChI is InChI=1S/C11H14N4OS/c1-2-16-9-10(12)15-17-11(9)14-7-8-4-3-5-13-6-8/h3-6,14H,2,7H2,1H3,(H2,12,15). The molecular formula is C11H14N4OS. The number of pyridine rings is 1. The molecule has 2 heterocycles. The molecule has 0 aliphatic heterocycles. The van der Waals surface area contributed by atoms with Crippen LogP contribution in [0.15, 0.2) is 24.5 Å². The Morgan fingerprint density at radius 1 is 1.53 bits per heavy atom. The van der Waals surface area contributed by atoms with Gasteiger partial charge in [-0.25, -0.2) is 0 Å². The molecule has 2 aromatic rings. The molecule has 5 nitrogen and oxygen atoms in total. The topological polar surface area (TPSA) is 73.1 Å². The van der Waals surface area contributed by atoms with Crippen LogP contribution in [0.4, 0.5) is 10.8 Å². The number of aromatic nitrogens is 2. The average Bonchev–Trinajstić information content (AvgIpc) is 2.70. The van der Waals surface area contributed by atoms with Crippen LogP contribution in [0, 0.1) is 0 Å². The third kappa shape index (κ3) is 2.85. The zero-order valence-corrected chi connectivity index (χ0v) is 10.3. The molecule has 6 heteroatoms. The summed E-state index contributed by atoms with van der Waals surface area (Å²) in [5.74, 6) is 1.08. The van der Waals surface area contributed by atoms with Gasteiger partial charge in [-0.3, -0.25) is 4.98 Å². The molecule has 2 aromatic heterocycles. The molecule has 0 radical (unpaired) electrons. The maximum Gasteiger partial charge on any atom is 0.197 e. The summed E-state index contributed by atoms with van der Waals surface area (Å²) in [6.45, 7) is 3.17. The van der Waals surface area contributed by atoms with Gasteiger partial charge < -0.3 is 15.8 Å². The normalized spacial score (nSPS) is 10.2. The minimum Gasteiger partial charge on any atom is -0.487 e. The molecule has 2 rings (SSSR count). The monoisotopic (exact) mass is 250 g/mol. The second-order valence-electron chi connectivity index (χ2n) is 3.37. The second kappa shape index (κ2) is 5.49. The van der Waals surface area contributed by atoms with Crippen LogP contribution in [0.2, 0.25) is 0 Å². The molecule has 0 spiro atoms. The Morgan fingerprint density at radius 3 is 3.12 bits per heavy atom. The van der Waals surface area contributed by atoms with Crippen LogP contribution in [0.25, 0.3) is 0 Å². The van der Waals surface area contributed by atoms with Crippen molar-refractivity contribution in [3.8, 4) is 5.75 Å². The number of nitrogen functional groups attached to an aromatic ring is 1. The smallest absolute Gasteiger partial charge is 0.197 e. The zero-order chi connectivity index (χ0) is 12.1. The number of rotatable bonds is 5. The van der Waals surface area contributed by atoms with Gasteiger partial charge in [-0.05, 0) is 30.1 Å². The number of ether oxygens (including phenoxy) is 1. The average molecular weight is 250 g/mol. The highest BCUT2D eigenvalue weighted by molar-refractivity contribution is 7.11. The van der Waals surface area contributed by atoms with Crippen molar-refractivity contribution >= 4 is 22.4 Å². The first-order chi connectivity index (χ1) is 8.31. The van der Waals surface area contributed by atoms with Gasteiger partial charge in [0.05, 0.1) is 6.61 Å². The van der Waals surface area contributed by atoms with Crippen LogP contribution in [0.1, 0.15) is 12.5 Å². The lowest BCUT2D eigenvalue weighted by Crippen LogP contribution is -2.01. The Balaban J connectivity index is 2.04. The molecule has 0 aromatic carbocycles. The summed E-state index contributed by atoms with van der Waals surface area (Å²) in [5, 5.41) is 4.10. The van der Waals surface area contributed by atoms with Gasteiger partial charge in [0, 0.05) is 18.9 Å². The summed E-state index contributed by atoms with van der Waals surface area (Å²) < 4.78 is 9.50. The number of nitrogens with one attached hydrogen (secondary N) is 1. The first kappa shape index (κ1) is 11.7. The Morgan fingerprint density at radius 2 is 2.41 bits per heavy atom. The van der Waals surface area contributed by atoms with Crippen molar-refractivity contribution in [2.45, 2.75) is 13.5 Å². The lowest BCUT2D eigenvalue weighted by molar-refractivity contribution is 0.344. The number of nitrogens with zero attached hydrogens (tertiary/aromatic N) is 2. The number of hydrogen-bond acceptors (Lipinski definition) is 6. The van der Waals surface area contributed by atoms with E-state index in [1.165, 1.54) is 11.5 Å². The van der Waals surface area contributed by atoms with E-state index < -0.39 is 0 Å². The van der Waals surface area contributed by atoms with Crippen molar-refractivity contribution in [3.05, 3.63) is 30.1 Å². The van der Waals surface area contributed by atoms with Crippen LogP contribution in [-0.4, -0.2) is 16.0 Å². The first-order valence-corrected chi connectivity index (χ1v) is 6.09. The summed E-state index contributed by atoms with van der Waals surface area (Å²) in [4.78, 5) is 4.05. The highest BCUT2D eigenvalue weighted by Gasteiger charge is 2.11. The Labute approximate surface area is 104 Å². The molecule has 0 amide bonds. The van der Waals surface area contributed by atoms with E-state index in [-0.39, 0.29) is 0 Å². The molecule has 0 aliphatic carbocycles. The van der Waals surface area contributed by atoms with E-state index in [4.69, 9.17) is 10.5 Å². The molecule has 0 aliphatic rings. The molecule has 17 heavy (non-hydrogen) atoms. The fourth-order valence-corrected chi connectivity index (χ4v) is 2.03. The van der Waals surface area contributed by atoms with Crippen molar-refractivity contribution < 1.29 is 4.74 Å². The zero-order valence-electron chi connectivity index (χ0n) is 9.51. The van der Waals surface area contributed by atoms with Crippen molar-refractivity contribution in [1.29, 1.82) is 0 Å². The maximum absolute atomic E-state index is 5.72. The van der Waals surface area contributed by atoms with Gasteiger partial charge >= 0.3 is 0 Å². The predicted molar refractivity (Wildman–Crippen MR) is 69.3 cm³/mol. The number of hydrogen-bond donors (Lipinski definition) is 2. The predicted octanol–water partition coefficient (Wildman–Crippen LogP) is 2.13. The van der Waals surface area contributed by atoms with Crippen molar-refractivity contribution in [3.63, 3.8) is 0 Å². The van der Waals surface area contributed by atoms with Gasteiger partial charge in [0.25, 0.3) is 0 Å². The van der Waals surface area contributed by atoms with Crippen LogP contribution in [0.5, 0.6) is 5.75 Å². The van der Waals surface area contributed by atoms with E-state index in [0.29, 0.717) is 24.7 Å². The fourth-order valence-electron chi connectivity index (χ4n) is 1.38. The maximum atomic E-state index is 5.72. The third-order valence-corrected chi connectivity index (χ3v) is 2.94. The molecule has 0 saturated carbocycles. The lowest BCUT2D eigenvalue weighted by atomic mass is 10.3. The first-order valence-electron chi connectivity index (χ1n) is 5.32. The van der Waals surface area contributed by atoms with E-state index in [1.54, 1.807) is 6.20 Å². The summed E-state index contributed by atoms with van der Waals surface area (Å²) >= 11 is 1.30. The van der Waals surface area contributed by atoms with E-state index in [1.807, 2.05) is 25.3 Å². The molecule has 0 bridgehead atoms. The third-order valence-electron chi connectivity index (χ3n) is 2.14. The molecule has 0 saturated heterocycles. The van der Waals surface area contributed by atoms with Gasteiger partial charge in [-0.1, -0.05) is 6.07 Å². The fraction of sp³-hybridized carbons (Fsp3) is 0.273. The van der Waals surface area contributed by atoms with Crippen molar-refractivity contribution in [1.82, 2.24) is 9.36 Å². The summed E-state index contributed by atoms with van der Waals surface area (Å²) in [6, 6.07) is 3.91. The van der Waals surface area contributed by atoms with E-state index in [0.717, 1.165) is 10.6 Å². The highest BCUT2D eigenvalue weighted by atomic mass is 32.1. The quantitative estimate of drug-likeness (QED) is 0.850. The molecular weight excluding hydrogens is 236 g/mol. The minimum absolute atomic E-state index is 0.436.